The molecule has 0 aliphatic rings. The lowest BCUT2D eigenvalue weighted by Gasteiger charge is -2.20. The molecule has 56 valence electrons. The standard InChI is InChI=1S/C5H14Cl2Si2/c1-8(2,3)5-9(4,6)7/h5H2,1-4H3. The van der Waals surface area contributed by atoms with E-state index < -0.39 is 14.8 Å². The summed E-state index contributed by atoms with van der Waals surface area (Å²) in [6.45, 7) is 7.09. The van der Waals surface area contributed by atoms with Gasteiger partial charge in [-0.25, -0.2) is 0 Å². The Bertz CT molecular complexity index is 78.1. The highest BCUT2D eigenvalue weighted by molar-refractivity contribution is 7.47. The Balaban J connectivity index is 3.75. The molecule has 0 aromatic heterocycles. The van der Waals surface area contributed by atoms with Crippen molar-refractivity contribution in [3.63, 3.8) is 0 Å². The number of hydrogen-bond donors (Lipinski definition) is 0. The second-order valence-electron chi connectivity index (χ2n) is 3.81. The predicted molar refractivity (Wildman–Crippen MR) is 51.5 cm³/mol. The molecule has 0 aromatic rings. The van der Waals surface area contributed by atoms with Crippen LogP contribution in [0.25, 0.3) is 0 Å². The monoisotopic (exact) mass is 200 g/mol. The Morgan fingerprint density at radius 3 is 1.33 bits per heavy atom. The van der Waals surface area contributed by atoms with Crippen LogP contribution < -0.4 is 0 Å². The van der Waals surface area contributed by atoms with Gasteiger partial charge in [0.05, 0.1) is 0 Å². The van der Waals surface area contributed by atoms with Crippen LogP contribution in [-0.4, -0.2) is 14.8 Å². The molecule has 0 aromatic carbocycles. The molecule has 0 heterocycles. The van der Waals surface area contributed by atoms with Gasteiger partial charge >= 0.3 is 0 Å². The summed E-state index contributed by atoms with van der Waals surface area (Å²) in [5, 5.41) is 0. The van der Waals surface area contributed by atoms with Gasteiger partial charge in [-0.3, -0.25) is 0 Å². The van der Waals surface area contributed by atoms with Crippen LogP contribution in [0.4, 0.5) is 0 Å². The molecule has 0 bridgehead atoms. The minimum absolute atomic E-state index is 0.995. The van der Waals surface area contributed by atoms with Crippen molar-refractivity contribution in [1.82, 2.24) is 0 Å². The predicted octanol–water partition coefficient (Wildman–Crippen LogP) is 3.41. The SMILES string of the molecule is C[Si](C)(C)C[Si](C)(Cl)Cl. The molecule has 0 saturated carbocycles. The number of halogens is 2. The molecular weight excluding hydrogens is 187 g/mol. The fourth-order valence-electron chi connectivity index (χ4n) is 0.931. The zero-order chi connectivity index (χ0) is 7.71. The van der Waals surface area contributed by atoms with E-state index in [1.807, 2.05) is 6.55 Å². The molecule has 0 saturated heterocycles. The van der Waals surface area contributed by atoms with Gasteiger partial charge in [-0.15, -0.1) is 22.2 Å². The zero-order valence-electron chi connectivity index (χ0n) is 6.46. The van der Waals surface area contributed by atoms with E-state index in [1.165, 1.54) is 0 Å². The Morgan fingerprint density at radius 2 is 1.33 bits per heavy atom. The molecule has 0 N–H and O–H groups in total. The highest BCUT2D eigenvalue weighted by Gasteiger charge is 2.29. The maximum atomic E-state index is 5.96. The molecule has 4 heteroatoms. The smallest absolute Gasteiger partial charge is 0.146 e. The summed E-state index contributed by atoms with van der Waals surface area (Å²) in [6.07, 6.45) is 0. The molecule has 0 spiro atoms. The zero-order valence-corrected chi connectivity index (χ0v) is 9.97. The van der Waals surface area contributed by atoms with Gasteiger partial charge in [0.25, 0.3) is 0 Å². The van der Waals surface area contributed by atoms with E-state index in [0.717, 1.165) is 5.67 Å². The van der Waals surface area contributed by atoms with Crippen molar-refractivity contribution in [2.24, 2.45) is 0 Å². The molecular formula is C5H14Cl2Si2. The summed E-state index contributed by atoms with van der Waals surface area (Å²) in [4.78, 5) is 0. The van der Waals surface area contributed by atoms with Gasteiger partial charge < -0.3 is 0 Å². The van der Waals surface area contributed by atoms with Crippen LogP contribution in [0.5, 0.6) is 0 Å². The van der Waals surface area contributed by atoms with Gasteiger partial charge in [-0.2, -0.15) is 0 Å². The lowest BCUT2D eigenvalue weighted by atomic mass is 11.7. The molecule has 0 fully saturated rings. The minimum atomic E-state index is -1.79. The largest absolute Gasteiger partial charge is 0.245 e. The highest BCUT2D eigenvalue weighted by Crippen LogP contribution is 2.25. The first-order valence-corrected chi connectivity index (χ1v) is 11.5. The van der Waals surface area contributed by atoms with Crippen LogP contribution in [0.2, 0.25) is 31.9 Å². The van der Waals surface area contributed by atoms with Gasteiger partial charge in [-0.05, 0) is 12.2 Å². The van der Waals surface area contributed by atoms with Crippen LogP contribution in [0.15, 0.2) is 0 Å². The highest BCUT2D eigenvalue weighted by atomic mass is 35.7. The first kappa shape index (κ1) is 10.0. The normalized spacial score (nSPS) is 14.0. The third kappa shape index (κ3) is 9.01. The molecule has 0 radical (unpaired) electrons. The molecule has 0 aliphatic carbocycles. The van der Waals surface area contributed by atoms with E-state index in [1.54, 1.807) is 0 Å². The van der Waals surface area contributed by atoms with E-state index in [0.29, 0.717) is 0 Å². The third-order valence-electron chi connectivity index (χ3n) is 0.841. The van der Waals surface area contributed by atoms with Gasteiger partial charge in [-0.1, -0.05) is 19.6 Å². The first-order valence-electron chi connectivity index (χ1n) is 3.09. The van der Waals surface area contributed by atoms with Gasteiger partial charge in [0.2, 0.25) is 6.69 Å². The van der Waals surface area contributed by atoms with E-state index in [-0.39, 0.29) is 0 Å². The molecule has 9 heavy (non-hydrogen) atoms. The summed E-state index contributed by atoms with van der Waals surface area (Å²) >= 11 is 11.9. The molecule has 0 unspecified atom stereocenters. The van der Waals surface area contributed by atoms with Crippen molar-refractivity contribution < 1.29 is 0 Å². The molecule has 0 rings (SSSR count). The Hall–Kier alpha value is 1.01. The Kier molecular flexibility index (Phi) is 3.28. The van der Waals surface area contributed by atoms with Crippen molar-refractivity contribution >= 4 is 36.9 Å². The van der Waals surface area contributed by atoms with Crippen molar-refractivity contribution in [3.05, 3.63) is 0 Å². The summed E-state index contributed by atoms with van der Waals surface area (Å²) < 4.78 is 0. The second-order valence-corrected chi connectivity index (χ2v) is 18.1. The number of hydrogen-bond acceptors (Lipinski definition) is 0. The average molecular weight is 201 g/mol. The van der Waals surface area contributed by atoms with Crippen molar-refractivity contribution in [3.8, 4) is 0 Å². The lowest BCUT2D eigenvalue weighted by molar-refractivity contribution is 1.61. The lowest BCUT2D eigenvalue weighted by Crippen LogP contribution is -2.30. The van der Waals surface area contributed by atoms with Crippen LogP contribution in [-0.2, 0) is 0 Å². The minimum Gasteiger partial charge on any atom is -0.146 e. The Morgan fingerprint density at radius 1 is 1.00 bits per heavy atom. The summed E-state index contributed by atoms with van der Waals surface area (Å²) in [7, 11) is -0.995. The maximum absolute atomic E-state index is 5.96. The molecule has 0 nitrogen and oxygen atoms in total. The van der Waals surface area contributed by atoms with Gasteiger partial charge in [0.1, 0.15) is 0 Å². The fraction of sp³-hybridized carbons (Fsp3) is 1.00. The van der Waals surface area contributed by atoms with E-state index in [2.05, 4.69) is 19.6 Å². The Labute approximate surface area is 69.0 Å². The van der Waals surface area contributed by atoms with Crippen molar-refractivity contribution in [2.45, 2.75) is 31.9 Å². The van der Waals surface area contributed by atoms with Crippen LogP contribution in [0, 0.1) is 0 Å². The molecule has 0 aliphatic heterocycles. The molecule has 0 atom stereocenters. The van der Waals surface area contributed by atoms with Crippen LogP contribution >= 0.6 is 22.2 Å². The van der Waals surface area contributed by atoms with E-state index >= 15 is 0 Å². The maximum Gasteiger partial charge on any atom is 0.245 e. The van der Waals surface area contributed by atoms with Gasteiger partial charge in [0.15, 0.2) is 0 Å². The quantitative estimate of drug-likeness (QED) is 0.474. The summed E-state index contributed by atoms with van der Waals surface area (Å²) in [5.74, 6) is 0. The topological polar surface area (TPSA) is 0 Å². The van der Waals surface area contributed by atoms with Crippen LogP contribution in [0.3, 0.4) is 0 Å². The summed E-state index contributed by atoms with van der Waals surface area (Å²) in [6, 6.07) is 0. The van der Waals surface area contributed by atoms with E-state index in [9.17, 15) is 0 Å². The van der Waals surface area contributed by atoms with Crippen LogP contribution in [0.1, 0.15) is 0 Å². The fourth-order valence-corrected chi connectivity index (χ4v) is 15.6. The van der Waals surface area contributed by atoms with E-state index in [4.69, 9.17) is 22.2 Å². The number of rotatable bonds is 2. The first-order chi connectivity index (χ1) is 3.71. The third-order valence-corrected chi connectivity index (χ3v) is 9.97. The molecule has 0 amide bonds. The second kappa shape index (κ2) is 2.95. The van der Waals surface area contributed by atoms with Gasteiger partial charge in [0, 0.05) is 8.07 Å². The summed E-state index contributed by atoms with van der Waals surface area (Å²) in [5.41, 5.74) is 1.10. The van der Waals surface area contributed by atoms with Crippen molar-refractivity contribution in [1.29, 1.82) is 0 Å². The van der Waals surface area contributed by atoms with Crippen molar-refractivity contribution in [2.75, 3.05) is 0 Å². The average Bonchev–Trinajstić information content (AvgIpc) is 1.14.